The van der Waals surface area contributed by atoms with E-state index in [1.54, 1.807) is 0 Å². The molecule has 0 atom stereocenters. The minimum Gasteiger partial charge on any atom is -0.478 e. The van der Waals surface area contributed by atoms with Gasteiger partial charge in [-0.2, -0.15) is 5.10 Å². The van der Waals surface area contributed by atoms with E-state index < -0.39 is 15.8 Å². The number of carboxylic acids is 1. The summed E-state index contributed by atoms with van der Waals surface area (Å²) in [5.41, 5.74) is 0.0853. The van der Waals surface area contributed by atoms with Crippen LogP contribution in [0, 0.1) is 0 Å². The lowest BCUT2D eigenvalue weighted by atomic mass is 10.3. The van der Waals surface area contributed by atoms with Crippen LogP contribution in [0.2, 0.25) is 0 Å². The molecule has 1 rings (SSSR count). The zero-order valence-electron chi connectivity index (χ0n) is 9.58. The molecule has 96 valence electrons. The van der Waals surface area contributed by atoms with Crippen LogP contribution < -0.4 is 0 Å². The van der Waals surface area contributed by atoms with Gasteiger partial charge in [-0.15, -0.1) is 0 Å². The number of methoxy groups -OCH3 is 1. The molecule has 0 saturated carbocycles. The topological polar surface area (TPSA) is 98.5 Å². The third-order valence-electron chi connectivity index (χ3n) is 2.25. The fraction of sp³-hybridized carbons (Fsp3) is 0.556. The molecule has 0 amide bonds. The first kappa shape index (κ1) is 13.7. The molecular weight excluding hydrogens is 248 g/mol. The summed E-state index contributed by atoms with van der Waals surface area (Å²) in [6.45, 7) is 0.0859. The van der Waals surface area contributed by atoms with Crippen LogP contribution in [-0.4, -0.2) is 48.7 Å². The molecule has 0 aliphatic carbocycles. The standard InChI is InChI=1S/C9H14N2O5S/c1-11-8(7(5-10-11)9(12)13)6-17(14,15)4-3-16-2/h5H,3-4,6H2,1-2H3,(H,12,13). The molecule has 0 aliphatic rings. The fourth-order valence-corrected chi connectivity index (χ4v) is 2.63. The number of rotatable bonds is 6. The number of carboxylic acid groups (broad SMARTS) is 1. The number of sulfone groups is 1. The molecular formula is C9H14N2O5S. The average molecular weight is 262 g/mol. The van der Waals surface area contributed by atoms with Gasteiger partial charge in [0.25, 0.3) is 0 Å². The molecule has 0 spiro atoms. The van der Waals surface area contributed by atoms with Crippen molar-refractivity contribution in [3.8, 4) is 0 Å². The van der Waals surface area contributed by atoms with Crippen molar-refractivity contribution in [2.24, 2.45) is 7.05 Å². The number of aromatic nitrogens is 2. The van der Waals surface area contributed by atoms with E-state index in [0.29, 0.717) is 0 Å². The second kappa shape index (κ2) is 5.28. The number of carbonyl (C=O) groups is 1. The number of hydrogen-bond acceptors (Lipinski definition) is 5. The fourth-order valence-electron chi connectivity index (χ4n) is 1.30. The van der Waals surface area contributed by atoms with Crippen molar-refractivity contribution in [3.05, 3.63) is 17.5 Å². The predicted octanol–water partition coefficient (Wildman–Crippen LogP) is -0.321. The predicted molar refractivity (Wildman–Crippen MR) is 59.5 cm³/mol. The quantitative estimate of drug-likeness (QED) is 0.754. The highest BCUT2D eigenvalue weighted by molar-refractivity contribution is 7.90. The number of ether oxygens (including phenoxy) is 1. The zero-order valence-corrected chi connectivity index (χ0v) is 10.4. The van der Waals surface area contributed by atoms with Gasteiger partial charge in [0, 0.05) is 14.2 Å². The van der Waals surface area contributed by atoms with Crippen molar-refractivity contribution < 1.29 is 23.1 Å². The van der Waals surface area contributed by atoms with Crippen molar-refractivity contribution in [2.45, 2.75) is 5.75 Å². The van der Waals surface area contributed by atoms with Gasteiger partial charge in [0.2, 0.25) is 0 Å². The summed E-state index contributed by atoms with van der Waals surface area (Å²) in [5.74, 6) is -1.68. The van der Waals surface area contributed by atoms with Gasteiger partial charge < -0.3 is 9.84 Å². The Hall–Kier alpha value is -1.41. The van der Waals surface area contributed by atoms with Crippen LogP contribution >= 0.6 is 0 Å². The van der Waals surface area contributed by atoms with E-state index in [-0.39, 0.29) is 29.4 Å². The van der Waals surface area contributed by atoms with Crippen LogP contribution in [0.5, 0.6) is 0 Å². The van der Waals surface area contributed by atoms with Crippen LogP contribution in [0.4, 0.5) is 0 Å². The molecule has 17 heavy (non-hydrogen) atoms. The monoisotopic (exact) mass is 262 g/mol. The minimum atomic E-state index is -3.39. The second-order valence-corrected chi connectivity index (χ2v) is 5.70. The van der Waals surface area contributed by atoms with Gasteiger partial charge in [-0.1, -0.05) is 0 Å². The van der Waals surface area contributed by atoms with Crippen LogP contribution in [0.3, 0.4) is 0 Å². The highest BCUT2D eigenvalue weighted by Gasteiger charge is 2.21. The molecule has 1 aromatic rings. The maximum Gasteiger partial charge on any atom is 0.339 e. The summed E-state index contributed by atoms with van der Waals surface area (Å²) in [6, 6.07) is 0. The molecule has 1 N–H and O–H groups in total. The normalized spacial score (nSPS) is 11.6. The van der Waals surface area contributed by atoms with Crippen molar-refractivity contribution in [1.82, 2.24) is 9.78 Å². The summed E-state index contributed by atoms with van der Waals surface area (Å²) in [7, 11) is -0.482. The van der Waals surface area contributed by atoms with Crippen LogP contribution in [0.25, 0.3) is 0 Å². The van der Waals surface area contributed by atoms with Crippen LogP contribution in [-0.2, 0) is 27.4 Å². The molecule has 0 unspecified atom stereocenters. The molecule has 0 aliphatic heterocycles. The van der Waals surface area contributed by atoms with Gasteiger partial charge in [-0.25, -0.2) is 13.2 Å². The van der Waals surface area contributed by atoms with Gasteiger partial charge in [0.05, 0.1) is 30.0 Å². The maximum atomic E-state index is 11.7. The maximum absolute atomic E-state index is 11.7. The summed E-state index contributed by atoms with van der Waals surface area (Å²) in [5, 5.41) is 12.6. The first-order valence-corrected chi connectivity index (χ1v) is 6.63. The molecule has 0 bridgehead atoms. The Kier molecular flexibility index (Phi) is 4.24. The van der Waals surface area contributed by atoms with Gasteiger partial charge in [-0.3, -0.25) is 4.68 Å². The van der Waals surface area contributed by atoms with E-state index in [1.807, 2.05) is 0 Å². The summed E-state index contributed by atoms with van der Waals surface area (Å²) in [6.07, 6.45) is 1.14. The average Bonchev–Trinajstić information content (AvgIpc) is 2.57. The number of aryl methyl sites for hydroxylation is 1. The summed E-state index contributed by atoms with van der Waals surface area (Å²) >= 11 is 0. The van der Waals surface area contributed by atoms with E-state index in [4.69, 9.17) is 5.11 Å². The summed E-state index contributed by atoms with van der Waals surface area (Å²) in [4.78, 5) is 10.9. The molecule has 0 fully saturated rings. The highest BCUT2D eigenvalue weighted by Crippen LogP contribution is 2.12. The smallest absolute Gasteiger partial charge is 0.339 e. The van der Waals surface area contributed by atoms with Crippen molar-refractivity contribution in [1.29, 1.82) is 0 Å². The SMILES string of the molecule is COCCS(=O)(=O)Cc1c(C(=O)O)cnn1C. The Balaban J connectivity index is 2.95. The highest BCUT2D eigenvalue weighted by atomic mass is 32.2. The Morgan fingerprint density at radius 1 is 1.59 bits per heavy atom. The molecule has 1 aromatic heterocycles. The van der Waals surface area contributed by atoms with E-state index in [0.717, 1.165) is 6.20 Å². The van der Waals surface area contributed by atoms with E-state index in [1.165, 1.54) is 18.8 Å². The Bertz CT molecular complexity index is 505. The number of hydrogen-bond donors (Lipinski definition) is 1. The molecule has 0 radical (unpaired) electrons. The van der Waals surface area contributed by atoms with Gasteiger partial charge in [0.1, 0.15) is 5.56 Å². The molecule has 8 heteroatoms. The van der Waals surface area contributed by atoms with Crippen molar-refractivity contribution in [3.63, 3.8) is 0 Å². The second-order valence-electron chi connectivity index (χ2n) is 3.52. The van der Waals surface area contributed by atoms with E-state index in [2.05, 4.69) is 9.84 Å². The largest absolute Gasteiger partial charge is 0.478 e. The first-order chi connectivity index (χ1) is 7.87. The lowest BCUT2D eigenvalue weighted by Gasteiger charge is -2.05. The Morgan fingerprint density at radius 3 is 2.76 bits per heavy atom. The van der Waals surface area contributed by atoms with Gasteiger partial charge >= 0.3 is 5.97 Å². The minimum absolute atomic E-state index is 0.0859. The third kappa shape index (κ3) is 3.53. The third-order valence-corrected chi connectivity index (χ3v) is 3.75. The number of nitrogens with zero attached hydrogens (tertiary/aromatic N) is 2. The lowest BCUT2D eigenvalue weighted by Crippen LogP contribution is -2.17. The Morgan fingerprint density at radius 2 is 2.24 bits per heavy atom. The molecule has 7 nitrogen and oxygen atoms in total. The van der Waals surface area contributed by atoms with E-state index in [9.17, 15) is 13.2 Å². The van der Waals surface area contributed by atoms with Gasteiger partial charge in [0.15, 0.2) is 9.84 Å². The zero-order chi connectivity index (χ0) is 13.1. The van der Waals surface area contributed by atoms with Crippen molar-refractivity contribution in [2.75, 3.05) is 19.5 Å². The first-order valence-electron chi connectivity index (χ1n) is 4.81. The van der Waals surface area contributed by atoms with Crippen LogP contribution in [0.15, 0.2) is 6.20 Å². The molecule has 0 aromatic carbocycles. The lowest BCUT2D eigenvalue weighted by molar-refractivity contribution is 0.0696. The summed E-state index contributed by atoms with van der Waals surface area (Å²) < 4.78 is 29.3. The van der Waals surface area contributed by atoms with Crippen molar-refractivity contribution >= 4 is 15.8 Å². The molecule has 1 heterocycles. The number of aromatic carboxylic acids is 1. The molecule has 0 saturated heterocycles. The van der Waals surface area contributed by atoms with E-state index >= 15 is 0 Å². The Labute approximate surface area is 98.9 Å². The van der Waals surface area contributed by atoms with Gasteiger partial charge in [-0.05, 0) is 0 Å². The van der Waals surface area contributed by atoms with Crippen LogP contribution in [0.1, 0.15) is 16.1 Å².